The molecule has 0 saturated carbocycles. The van der Waals surface area contributed by atoms with Gasteiger partial charge in [-0.2, -0.15) is 0 Å². The summed E-state index contributed by atoms with van der Waals surface area (Å²) in [6.07, 6.45) is 12.8. The predicted molar refractivity (Wildman–Crippen MR) is 49.5 cm³/mol. The van der Waals surface area contributed by atoms with E-state index in [0.29, 0.717) is 0 Å². The van der Waals surface area contributed by atoms with E-state index in [4.69, 9.17) is 5.11 Å². The molecule has 0 fully saturated rings. The van der Waals surface area contributed by atoms with Crippen LogP contribution in [0.25, 0.3) is 0 Å². The molecule has 1 heteroatoms. The van der Waals surface area contributed by atoms with Crippen molar-refractivity contribution >= 4 is 0 Å². The van der Waals surface area contributed by atoms with Crippen LogP contribution in [0.3, 0.4) is 0 Å². The lowest BCUT2D eigenvalue weighted by Crippen LogP contribution is -1.70. The smallest absolute Gasteiger partial charge is 0.0615 e. The SMILES string of the molecule is CCCCC/C=C\C=C/CO. The molecule has 0 aromatic carbocycles. The number of unbranched alkanes of at least 4 members (excludes halogenated alkanes) is 3. The summed E-state index contributed by atoms with van der Waals surface area (Å²) in [6.45, 7) is 2.34. The molecule has 0 unspecified atom stereocenters. The van der Waals surface area contributed by atoms with Crippen molar-refractivity contribution in [2.24, 2.45) is 0 Å². The van der Waals surface area contributed by atoms with Crippen molar-refractivity contribution in [1.82, 2.24) is 0 Å². The molecule has 0 amide bonds. The van der Waals surface area contributed by atoms with Crippen LogP contribution in [0.2, 0.25) is 0 Å². The molecular weight excluding hydrogens is 136 g/mol. The summed E-state index contributed by atoms with van der Waals surface area (Å²) in [5, 5.41) is 8.39. The summed E-state index contributed by atoms with van der Waals surface area (Å²) >= 11 is 0. The van der Waals surface area contributed by atoms with Gasteiger partial charge in [-0.3, -0.25) is 0 Å². The molecule has 0 atom stereocenters. The molecule has 1 nitrogen and oxygen atoms in total. The van der Waals surface area contributed by atoms with Crippen LogP contribution in [-0.2, 0) is 0 Å². The molecule has 0 aromatic rings. The Morgan fingerprint density at radius 2 is 1.82 bits per heavy atom. The Bertz CT molecular complexity index is 114. The monoisotopic (exact) mass is 154 g/mol. The zero-order valence-electron chi connectivity index (χ0n) is 7.29. The minimum Gasteiger partial charge on any atom is -0.392 e. The fourth-order valence-corrected chi connectivity index (χ4v) is 0.826. The van der Waals surface area contributed by atoms with Crippen LogP contribution in [-0.4, -0.2) is 11.7 Å². The molecule has 11 heavy (non-hydrogen) atoms. The van der Waals surface area contributed by atoms with E-state index in [1.165, 1.54) is 19.3 Å². The zero-order valence-corrected chi connectivity index (χ0v) is 7.29. The average molecular weight is 154 g/mol. The van der Waals surface area contributed by atoms with Gasteiger partial charge in [0.15, 0.2) is 0 Å². The third kappa shape index (κ3) is 9.44. The van der Waals surface area contributed by atoms with Crippen LogP contribution < -0.4 is 0 Å². The molecule has 0 spiro atoms. The number of aliphatic hydroxyl groups excluding tert-OH is 1. The third-order valence-corrected chi connectivity index (χ3v) is 1.46. The van der Waals surface area contributed by atoms with Crippen molar-refractivity contribution in [1.29, 1.82) is 0 Å². The molecule has 0 aromatic heterocycles. The molecule has 0 rings (SSSR count). The van der Waals surface area contributed by atoms with Gasteiger partial charge in [0, 0.05) is 0 Å². The quantitative estimate of drug-likeness (QED) is 0.460. The Balaban J connectivity index is 3.09. The number of aliphatic hydroxyl groups is 1. The summed E-state index contributed by atoms with van der Waals surface area (Å²) in [5.41, 5.74) is 0. The molecule has 0 aliphatic rings. The highest BCUT2D eigenvalue weighted by atomic mass is 16.2. The largest absolute Gasteiger partial charge is 0.392 e. The molecule has 0 bridgehead atoms. The van der Waals surface area contributed by atoms with Crippen LogP contribution in [0.1, 0.15) is 32.6 Å². The second-order valence-corrected chi connectivity index (χ2v) is 2.53. The Hall–Kier alpha value is -0.560. The predicted octanol–water partition coefficient (Wildman–Crippen LogP) is 2.67. The van der Waals surface area contributed by atoms with Gasteiger partial charge in [-0.05, 0) is 12.8 Å². The van der Waals surface area contributed by atoms with Gasteiger partial charge in [0.2, 0.25) is 0 Å². The van der Waals surface area contributed by atoms with Crippen molar-refractivity contribution in [3.63, 3.8) is 0 Å². The molecule has 0 heterocycles. The fourth-order valence-electron chi connectivity index (χ4n) is 0.826. The van der Waals surface area contributed by atoms with Crippen LogP contribution in [0.4, 0.5) is 0 Å². The molecule has 0 radical (unpaired) electrons. The minimum absolute atomic E-state index is 0.138. The lowest BCUT2D eigenvalue weighted by molar-refractivity contribution is 0.343. The van der Waals surface area contributed by atoms with Gasteiger partial charge in [0.25, 0.3) is 0 Å². The first kappa shape index (κ1) is 10.4. The van der Waals surface area contributed by atoms with Crippen LogP contribution in [0.5, 0.6) is 0 Å². The van der Waals surface area contributed by atoms with E-state index in [1.54, 1.807) is 6.08 Å². The van der Waals surface area contributed by atoms with E-state index in [9.17, 15) is 0 Å². The Morgan fingerprint density at radius 1 is 1.09 bits per heavy atom. The Labute approximate surface area is 69.4 Å². The second kappa shape index (κ2) is 9.44. The second-order valence-electron chi connectivity index (χ2n) is 2.53. The minimum atomic E-state index is 0.138. The third-order valence-electron chi connectivity index (χ3n) is 1.46. The maximum atomic E-state index is 8.39. The van der Waals surface area contributed by atoms with Gasteiger partial charge in [-0.25, -0.2) is 0 Å². The summed E-state index contributed by atoms with van der Waals surface area (Å²) < 4.78 is 0. The summed E-state index contributed by atoms with van der Waals surface area (Å²) in [7, 11) is 0. The molecule has 0 aliphatic carbocycles. The first-order valence-electron chi connectivity index (χ1n) is 4.34. The highest BCUT2D eigenvalue weighted by molar-refractivity contribution is 5.02. The number of rotatable bonds is 6. The lowest BCUT2D eigenvalue weighted by Gasteiger charge is -1.89. The highest BCUT2D eigenvalue weighted by Gasteiger charge is 1.79. The normalized spacial score (nSPS) is 11.8. The maximum absolute atomic E-state index is 8.39. The topological polar surface area (TPSA) is 20.2 Å². The molecule has 0 saturated heterocycles. The van der Waals surface area contributed by atoms with Crippen molar-refractivity contribution in [2.75, 3.05) is 6.61 Å². The molecule has 1 N–H and O–H groups in total. The average Bonchev–Trinajstić information content (AvgIpc) is 2.03. The van der Waals surface area contributed by atoms with E-state index in [0.717, 1.165) is 6.42 Å². The fraction of sp³-hybridized carbons (Fsp3) is 0.600. The van der Waals surface area contributed by atoms with Crippen LogP contribution in [0, 0.1) is 0 Å². The van der Waals surface area contributed by atoms with Crippen molar-refractivity contribution in [3.8, 4) is 0 Å². The van der Waals surface area contributed by atoms with E-state index in [-0.39, 0.29) is 6.61 Å². The van der Waals surface area contributed by atoms with Gasteiger partial charge in [0.05, 0.1) is 6.61 Å². The first-order valence-corrected chi connectivity index (χ1v) is 4.34. The summed E-state index contributed by atoms with van der Waals surface area (Å²) in [4.78, 5) is 0. The maximum Gasteiger partial charge on any atom is 0.0615 e. The first-order chi connectivity index (χ1) is 5.41. The van der Waals surface area contributed by atoms with E-state index < -0.39 is 0 Å². The lowest BCUT2D eigenvalue weighted by atomic mass is 10.2. The van der Waals surface area contributed by atoms with Gasteiger partial charge in [-0.15, -0.1) is 0 Å². The number of allylic oxidation sites excluding steroid dienone is 3. The van der Waals surface area contributed by atoms with Crippen molar-refractivity contribution in [3.05, 3.63) is 24.3 Å². The Kier molecular flexibility index (Phi) is 8.96. The van der Waals surface area contributed by atoms with Crippen molar-refractivity contribution < 1.29 is 5.11 Å². The standard InChI is InChI=1S/C10H18O/c1-2-3-4-5-6-7-8-9-10-11/h6-9,11H,2-5,10H2,1H3/b7-6-,9-8-. The molecule has 64 valence electrons. The molecule has 0 aliphatic heterocycles. The van der Waals surface area contributed by atoms with Crippen molar-refractivity contribution in [2.45, 2.75) is 32.6 Å². The van der Waals surface area contributed by atoms with Gasteiger partial charge < -0.3 is 5.11 Å². The van der Waals surface area contributed by atoms with E-state index >= 15 is 0 Å². The summed E-state index contributed by atoms with van der Waals surface area (Å²) in [5.74, 6) is 0. The van der Waals surface area contributed by atoms with E-state index in [2.05, 4.69) is 13.0 Å². The zero-order chi connectivity index (χ0) is 8.36. The number of hydrogen-bond acceptors (Lipinski definition) is 1. The van der Waals surface area contributed by atoms with E-state index in [1.807, 2.05) is 12.2 Å². The van der Waals surface area contributed by atoms with Gasteiger partial charge in [0.1, 0.15) is 0 Å². The van der Waals surface area contributed by atoms with Crippen LogP contribution >= 0.6 is 0 Å². The summed E-state index contributed by atoms with van der Waals surface area (Å²) in [6, 6.07) is 0. The van der Waals surface area contributed by atoms with Gasteiger partial charge >= 0.3 is 0 Å². The molecular formula is C10H18O. The van der Waals surface area contributed by atoms with Gasteiger partial charge in [-0.1, -0.05) is 44.1 Å². The van der Waals surface area contributed by atoms with Crippen LogP contribution in [0.15, 0.2) is 24.3 Å². The highest BCUT2D eigenvalue weighted by Crippen LogP contribution is 1.99. The number of hydrogen-bond donors (Lipinski definition) is 1. The Morgan fingerprint density at radius 3 is 2.45 bits per heavy atom.